The Kier molecular flexibility index (Phi) is 5.56. The molecule has 1 aromatic carbocycles. The van der Waals surface area contributed by atoms with Crippen molar-refractivity contribution in [3.8, 4) is 0 Å². The predicted octanol–water partition coefficient (Wildman–Crippen LogP) is 3.45. The van der Waals surface area contributed by atoms with Gasteiger partial charge in [-0.1, -0.05) is 36.3 Å². The highest BCUT2D eigenvalue weighted by atomic mass is 32.2. The van der Waals surface area contributed by atoms with Crippen LogP contribution in [-0.2, 0) is 14.3 Å². The largest absolute Gasteiger partial charge is 0.296 e. The Morgan fingerprint density at radius 1 is 1.28 bits per heavy atom. The van der Waals surface area contributed by atoms with Gasteiger partial charge in [0.25, 0.3) is 10.1 Å². The highest BCUT2D eigenvalue weighted by Gasteiger charge is 2.14. The lowest BCUT2D eigenvalue weighted by Gasteiger charge is -2.06. The zero-order chi connectivity index (χ0) is 13.6. The van der Waals surface area contributed by atoms with Gasteiger partial charge in [0.1, 0.15) is 0 Å². The topological polar surface area (TPSA) is 43.4 Å². The van der Waals surface area contributed by atoms with Crippen molar-refractivity contribution in [3.63, 3.8) is 0 Å². The molecule has 0 spiro atoms. The van der Waals surface area contributed by atoms with Crippen LogP contribution in [0.4, 0.5) is 0 Å². The van der Waals surface area contributed by atoms with Crippen LogP contribution in [0.15, 0.2) is 40.8 Å². The minimum absolute atomic E-state index is 0.193. The summed E-state index contributed by atoms with van der Waals surface area (Å²) in [5, 5.41) is 0. The summed E-state index contributed by atoms with van der Waals surface area (Å²) in [6, 6.07) is 6.66. The van der Waals surface area contributed by atoms with Crippen molar-refractivity contribution < 1.29 is 12.6 Å². The summed E-state index contributed by atoms with van der Waals surface area (Å²) in [6.45, 7) is 6.13. The number of hydrogen-bond donors (Lipinski definition) is 0. The molecule has 0 aliphatic carbocycles. The molecule has 4 heteroatoms. The molecule has 0 N–H and O–H groups in total. The summed E-state index contributed by atoms with van der Waals surface area (Å²) in [5.41, 5.74) is 2.17. The summed E-state index contributed by atoms with van der Waals surface area (Å²) in [6.07, 6.45) is 3.66. The lowest BCUT2D eigenvalue weighted by Crippen LogP contribution is -2.07. The van der Waals surface area contributed by atoms with Crippen LogP contribution in [0.2, 0.25) is 0 Å². The zero-order valence-electron chi connectivity index (χ0n) is 11.1. The van der Waals surface area contributed by atoms with Gasteiger partial charge >= 0.3 is 0 Å². The van der Waals surface area contributed by atoms with Gasteiger partial charge in [0.05, 0.1) is 11.5 Å². The van der Waals surface area contributed by atoms with E-state index in [9.17, 15) is 8.42 Å². The number of benzene rings is 1. The molecule has 18 heavy (non-hydrogen) atoms. The molecule has 0 bridgehead atoms. The highest BCUT2D eigenvalue weighted by Crippen LogP contribution is 2.14. The molecule has 1 aromatic rings. The van der Waals surface area contributed by atoms with Crippen LogP contribution in [0, 0.1) is 6.92 Å². The zero-order valence-corrected chi connectivity index (χ0v) is 12.0. The summed E-state index contributed by atoms with van der Waals surface area (Å²) in [5.74, 6) is 0. The van der Waals surface area contributed by atoms with E-state index in [1.165, 1.54) is 0 Å². The summed E-state index contributed by atoms with van der Waals surface area (Å²) in [4.78, 5) is 0.213. The van der Waals surface area contributed by atoms with Gasteiger partial charge in [-0.05, 0) is 38.8 Å². The van der Waals surface area contributed by atoms with Crippen LogP contribution in [0.1, 0.15) is 32.3 Å². The van der Waals surface area contributed by atoms with Gasteiger partial charge in [-0.2, -0.15) is 8.42 Å². The van der Waals surface area contributed by atoms with Gasteiger partial charge in [-0.15, -0.1) is 0 Å². The molecule has 0 unspecified atom stereocenters. The van der Waals surface area contributed by atoms with Crippen molar-refractivity contribution in [2.45, 2.75) is 38.5 Å². The monoisotopic (exact) mass is 268 g/mol. The summed E-state index contributed by atoms with van der Waals surface area (Å²) in [7, 11) is -3.61. The van der Waals surface area contributed by atoms with Crippen LogP contribution < -0.4 is 0 Å². The molecule has 3 nitrogen and oxygen atoms in total. The van der Waals surface area contributed by atoms with Gasteiger partial charge in [-0.3, -0.25) is 4.18 Å². The maximum absolute atomic E-state index is 11.8. The first-order chi connectivity index (χ1) is 8.45. The molecule has 0 atom stereocenters. The van der Waals surface area contributed by atoms with E-state index in [-0.39, 0.29) is 11.5 Å². The first-order valence-corrected chi connectivity index (χ1v) is 7.48. The SMILES string of the molecule is CC/C=C(\C)CCOS(=O)(=O)c1ccc(C)cc1. The second kappa shape index (κ2) is 6.71. The Morgan fingerprint density at radius 3 is 2.44 bits per heavy atom. The second-order valence-corrected chi connectivity index (χ2v) is 5.91. The molecular weight excluding hydrogens is 248 g/mol. The van der Waals surface area contributed by atoms with E-state index in [0.29, 0.717) is 6.42 Å². The van der Waals surface area contributed by atoms with Crippen LogP contribution in [0.5, 0.6) is 0 Å². The van der Waals surface area contributed by atoms with Gasteiger partial charge in [0, 0.05) is 0 Å². The van der Waals surface area contributed by atoms with E-state index >= 15 is 0 Å². The predicted molar refractivity (Wildman–Crippen MR) is 73.0 cm³/mol. The van der Waals surface area contributed by atoms with Gasteiger partial charge in [-0.25, -0.2) is 0 Å². The Balaban J connectivity index is 2.61. The average Bonchev–Trinajstić information content (AvgIpc) is 2.29. The van der Waals surface area contributed by atoms with E-state index in [0.717, 1.165) is 17.6 Å². The first-order valence-electron chi connectivity index (χ1n) is 6.07. The lowest BCUT2D eigenvalue weighted by molar-refractivity contribution is 0.321. The molecule has 0 saturated heterocycles. The maximum atomic E-state index is 11.8. The molecule has 0 fully saturated rings. The number of allylic oxidation sites excluding steroid dienone is 1. The Labute approximate surface area is 110 Å². The molecule has 0 aliphatic rings. The third-order valence-electron chi connectivity index (χ3n) is 2.60. The van der Waals surface area contributed by atoms with Crippen molar-refractivity contribution in [1.29, 1.82) is 0 Å². The molecule has 0 radical (unpaired) electrons. The molecule has 0 aromatic heterocycles. The first kappa shape index (κ1) is 14.9. The van der Waals surface area contributed by atoms with Crippen LogP contribution in [0.25, 0.3) is 0 Å². The normalized spacial score (nSPS) is 12.7. The average molecular weight is 268 g/mol. The summed E-state index contributed by atoms with van der Waals surface area (Å²) < 4.78 is 28.7. The number of rotatable bonds is 6. The van der Waals surface area contributed by atoms with Gasteiger partial charge in [0.2, 0.25) is 0 Å². The van der Waals surface area contributed by atoms with E-state index in [2.05, 4.69) is 6.08 Å². The van der Waals surface area contributed by atoms with Crippen molar-refractivity contribution in [2.24, 2.45) is 0 Å². The molecule has 0 heterocycles. The Hall–Kier alpha value is -1.13. The highest BCUT2D eigenvalue weighted by molar-refractivity contribution is 7.86. The van der Waals surface area contributed by atoms with Crippen LogP contribution >= 0.6 is 0 Å². The van der Waals surface area contributed by atoms with E-state index < -0.39 is 10.1 Å². The minimum atomic E-state index is -3.61. The Morgan fingerprint density at radius 2 is 1.89 bits per heavy atom. The fraction of sp³-hybridized carbons (Fsp3) is 0.429. The fourth-order valence-corrected chi connectivity index (χ4v) is 2.44. The third kappa shape index (κ3) is 4.63. The molecule has 0 saturated carbocycles. The van der Waals surface area contributed by atoms with Crippen LogP contribution in [0.3, 0.4) is 0 Å². The molecule has 0 aliphatic heterocycles. The molecule has 0 amide bonds. The second-order valence-electron chi connectivity index (χ2n) is 4.30. The standard InChI is InChI=1S/C14H20O3S/c1-4-5-12(2)10-11-17-18(15,16)14-8-6-13(3)7-9-14/h5-9H,4,10-11H2,1-3H3/b12-5+. The summed E-state index contributed by atoms with van der Waals surface area (Å²) >= 11 is 0. The fourth-order valence-electron chi connectivity index (χ4n) is 1.54. The molecule has 100 valence electrons. The third-order valence-corrected chi connectivity index (χ3v) is 3.92. The van der Waals surface area contributed by atoms with E-state index in [1.54, 1.807) is 24.3 Å². The van der Waals surface area contributed by atoms with E-state index in [4.69, 9.17) is 4.18 Å². The molecule has 1 rings (SSSR count). The van der Waals surface area contributed by atoms with Crippen molar-refractivity contribution in [1.82, 2.24) is 0 Å². The van der Waals surface area contributed by atoms with Crippen molar-refractivity contribution in [2.75, 3.05) is 6.61 Å². The van der Waals surface area contributed by atoms with Gasteiger partial charge in [0.15, 0.2) is 0 Å². The molecular formula is C14H20O3S. The lowest BCUT2D eigenvalue weighted by atomic mass is 10.2. The number of aryl methyl sites for hydroxylation is 1. The van der Waals surface area contributed by atoms with Crippen molar-refractivity contribution >= 4 is 10.1 Å². The van der Waals surface area contributed by atoms with E-state index in [1.807, 2.05) is 20.8 Å². The smallest absolute Gasteiger partial charge is 0.266 e. The number of hydrogen-bond acceptors (Lipinski definition) is 3. The Bertz CT molecular complexity index is 498. The van der Waals surface area contributed by atoms with Crippen molar-refractivity contribution in [3.05, 3.63) is 41.5 Å². The minimum Gasteiger partial charge on any atom is -0.266 e. The van der Waals surface area contributed by atoms with Gasteiger partial charge < -0.3 is 0 Å². The quantitative estimate of drug-likeness (QED) is 0.586. The maximum Gasteiger partial charge on any atom is 0.296 e. The van der Waals surface area contributed by atoms with Crippen LogP contribution in [-0.4, -0.2) is 15.0 Å².